The Morgan fingerprint density at radius 2 is 1.40 bits per heavy atom. The average Bonchev–Trinajstić information content (AvgIpc) is 3.85. The van der Waals surface area contributed by atoms with Gasteiger partial charge in [0.25, 0.3) is 0 Å². The van der Waals surface area contributed by atoms with Gasteiger partial charge >= 0.3 is 11.9 Å². The number of aromatic nitrogens is 5. The summed E-state index contributed by atoms with van der Waals surface area (Å²) < 4.78 is 75.0. The van der Waals surface area contributed by atoms with Gasteiger partial charge in [0.1, 0.15) is 25.0 Å². The highest BCUT2D eigenvalue weighted by atomic mass is 32.2. The van der Waals surface area contributed by atoms with Crippen LogP contribution in [0.5, 0.6) is 11.5 Å². The summed E-state index contributed by atoms with van der Waals surface area (Å²) in [5.41, 5.74) is 0.0941. The Kier molecular flexibility index (Phi) is 11.5. The quantitative estimate of drug-likeness (QED) is 0.0700. The Balaban J connectivity index is 1.14. The standard InChI is InChI=1S/C47H38F4N6O4S/c1-55-43-37(25-34(47(49,50)51)26-39(43)56(45(55)59)27-42(58)53-35-19-21-36(62-3)22-20-35)30-23-38(48)44(40(24-30)60-2)61-28-41-52-29-57(54-41)46(31-13-7-4-8-14-31,32-15-9-5-10-16-32)33-17-11-6-12-18-33/h4-26,29H,27-28H2,1-3H3,(H,53,58). The number of rotatable bonds is 13. The molecule has 0 saturated heterocycles. The lowest BCUT2D eigenvalue weighted by Crippen LogP contribution is -2.38. The van der Waals surface area contributed by atoms with Crippen molar-refractivity contribution in [1.29, 1.82) is 0 Å². The van der Waals surface area contributed by atoms with Crippen molar-refractivity contribution in [3.63, 3.8) is 0 Å². The molecule has 0 radical (unpaired) electrons. The predicted octanol–water partition coefficient (Wildman–Crippen LogP) is 9.54. The van der Waals surface area contributed by atoms with Crippen molar-refractivity contribution in [3.8, 4) is 22.6 Å². The normalized spacial score (nSPS) is 11.8. The predicted molar refractivity (Wildman–Crippen MR) is 230 cm³/mol. The molecule has 314 valence electrons. The highest BCUT2D eigenvalue weighted by Crippen LogP contribution is 2.42. The molecule has 0 bridgehead atoms. The van der Waals surface area contributed by atoms with Gasteiger partial charge in [0, 0.05) is 23.2 Å². The first-order chi connectivity index (χ1) is 29.9. The summed E-state index contributed by atoms with van der Waals surface area (Å²) in [5.74, 6) is -1.83. The zero-order valence-corrected chi connectivity index (χ0v) is 34.4. The fraction of sp³-hybridized carbons (Fsp3) is 0.149. The lowest BCUT2D eigenvalue weighted by atomic mass is 9.77. The third-order valence-electron chi connectivity index (χ3n) is 10.6. The molecule has 2 aromatic heterocycles. The third kappa shape index (κ3) is 7.82. The van der Waals surface area contributed by atoms with Crippen LogP contribution in [0.4, 0.5) is 23.2 Å². The van der Waals surface area contributed by atoms with E-state index in [1.165, 1.54) is 32.0 Å². The molecule has 10 nitrogen and oxygen atoms in total. The van der Waals surface area contributed by atoms with Crippen LogP contribution in [0.15, 0.2) is 156 Å². The topological polar surface area (TPSA) is 105 Å². The molecule has 0 saturated carbocycles. The fourth-order valence-corrected chi connectivity index (χ4v) is 8.13. The third-order valence-corrected chi connectivity index (χ3v) is 11.3. The molecule has 0 aliphatic heterocycles. The average molecular weight is 859 g/mol. The molecule has 62 heavy (non-hydrogen) atoms. The molecule has 1 amide bonds. The number of fused-ring (bicyclic) bond motifs is 1. The molecular formula is C47H38F4N6O4S. The summed E-state index contributed by atoms with van der Waals surface area (Å²) in [4.78, 5) is 32.3. The van der Waals surface area contributed by atoms with Crippen molar-refractivity contribution in [1.82, 2.24) is 23.9 Å². The number of hydrogen-bond acceptors (Lipinski definition) is 7. The number of carbonyl (C=O) groups excluding carboxylic acids is 1. The van der Waals surface area contributed by atoms with E-state index in [9.17, 15) is 22.8 Å². The van der Waals surface area contributed by atoms with Crippen LogP contribution in [0, 0.1) is 5.82 Å². The fourth-order valence-electron chi connectivity index (χ4n) is 7.72. The second-order valence-corrected chi connectivity index (χ2v) is 15.2. The Morgan fingerprint density at radius 3 is 1.95 bits per heavy atom. The van der Waals surface area contributed by atoms with Crippen LogP contribution in [0.3, 0.4) is 0 Å². The molecule has 0 atom stereocenters. The number of thioether (sulfide) groups is 1. The smallest absolute Gasteiger partial charge is 0.416 e. The lowest BCUT2D eigenvalue weighted by molar-refractivity contribution is -0.137. The van der Waals surface area contributed by atoms with E-state index < -0.39 is 41.2 Å². The maximum atomic E-state index is 16.3. The monoisotopic (exact) mass is 858 g/mol. The number of hydrogen-bond donors (Lipinski definition) is 1. The van der Waals surface area contributed by atoms with Gasteiger partial charge in [-0.1, -0.05) is 91.0 Å². The number of halogens is 4. The van der Waals surface area contributed by atoms with Gasteiger partial charge in [0.15, 0.2) is 23.1 Å². The number of carbonyl (C=O) groups is 1. The van der Waals surface area contributed by atoms with Gasteiger partial charge in [-0.3, -0.25) is 13.9 Å². The minimum Gasteiger partial charge on any atom is -0.493 e. The van der Waals surface area contributed by atoms with Gasteiger partial charge in [0.2, 0.25) is 5.91 Å². The summed E-state index contributed by atoms with van der Waals surface area (Å²) in [6, 6.07) is 40.5. The van der Waals surface area contributed by atoms with Crippen LogP contribution in [0.25, 0.3) is 22.2 Å². The number of imidazole rings is 1. The molecule has 8 aromatic rings. The maximum absolute atomic E-state index is 16.3. The lowest BCUT2D eigenvalue weighted by Gasteiger charge is -2.35. The Bertz CT molecular complexity index is 2840. The molecule has 0 aliphatic rings. The van der Waals surface area contributed by atoms with Crippen molar-refractivity contribution in [2.24, 2.45) is 7.05 Å². The highest BCUT2D eigenvalue weighted by Gasteiger charge is 2.40. The highest BCUT2D eigenvalue weighted by molar-refractivity contribution is 7.98. The van der Waals surface area contributed by atoms with Gasteiger partial charge in [-0.25, -0.2) is 18.9 Å². The molecule has 0 fully saturated rings. The van der Waals surface area contributed by atoms with Crippen LogP contribution in [0.1, 0.15) is 28.1 Å². The molecule has 6 aromatic carbocycles. The Morgan fingerprint density at radius 1 is 0.806 bits per heavy atom. The van der Waals surface area contributed by atoms with E-state index in [1.54, 1.807) is 35.3 Å². The minimum absolute atomic E-state index is 0.0327. The first-order valence-electron chi connectivity index (χ1n) is 19.2. The Labute approximate surface area is 357 Å². The molecule has 1 N–H and O–H groups in total. The summed E-state index contributed by atoms with van der Waals surface area (Å²) in [6.45, 7) is -0.887. The number of nitrogens with zero attached hydrogens (tertiary/aromatic N) is 5. The molecule has 15 heteroatoms. The number of ether oxygens (including phenoxy) is 2. The number of benzene rings is 6. The largest absolute Gasteiger partial charge is 0.493 e. The molecule has 0 aliphatic carbocycles. The number of nitrogens with one attached hydrogen (secondary N) is 1. The van der Waals surface area contributed by atoms with E-state index in [0.29, 0.717) is 5.69 Å². The summed E-state index contributed by atoms with van der Waals surface area (Å²) in [6.07, 6.45) is -1.37. The Hall–Kier alpha value is -7.13. The summed E-state index contributed by atoms with van der Waals surface area (Å²) in [5, 5.41) is 7.55. The summed E-state index contributed by atoms with van der Waals surface area (Å²) in [7, 11) is 2.64. The van der Waals surface area contributed by atoms with Crippen LogP contribution in [0.2, 0.25) is 0 Å². The van der Waals surface area contributed by atoms with Crippen molar-refractivity contribution in [2.75, 3.05) is 18.7 Å². The van der Waals surface area contributed by atoms with E-state index in [0.717, 1.165) is 48.9 Å². The van der Waals surface area contributed by atoms with Gasteiger partial charge in [-0.2, -0.15) is 18.3 Å². The zero-order valence-electron chi connectivity index (χ0n) is 33.6. The van der Waals surface area contributed by atoms with Crippen molar-refractivity contribution >= 4 is 34.4 Å². The maximum Gasteiger partial charge on any atom is 0.416 e. The van der Waals surface area contributed by atoms with Crippen molar-refractivity contribution in [2.45, 2.75) is 29.8 Å². The van der Waals surface area contributed by atoms with Crippen molar-refractivity contribution < 1.29 is 31.8 Å². The number of alkyl halides is 3. The summed E-state index contributed by atoms with van der Waals surface area (Å²) >= 11 is 1.52. The van der Waals surface area contributed by atoms with E-state index >= 15 is 4.39 Å². The van der Waals surface area contributed by atoms with Crippen LogP contribution in [-0.4, -0.2) is 43.2 Å². The van der Waals surface area contributed by atoms with Gasteiger partial charge in [-0.05, 0) is 77.0 Å². The molecule has 0 unspecified atom stereocenters. The SMILES string of the molecule is COc1cc(-c2cc(C(F)(F)F)cc3c2n(C)c(=O)n3CC(=O)Nc2ccc(SC)cc2)cc(F)c1OCc1ncn(C(c2ccccc2)(c2ccccc2)c2ccccc2)n1. The molecule has 0 spiro atoms. The second-order valence-electron chi connectivity index (χ2n) is 14.3. The van der Waals surface area contributed by atoms with E-state index in [2.05, 4.69) is 10.3 Å². The van der Waals surface area contributed by atoms with Gasteiger partial charge in [0.05, 0.1) is 23.7 Å². The molecule has 8 rings (SSSR count). The van der Waals surface area contributed by atoms with Crippen LogP contribution >= 0.6 is 11.8 Å². The first kappa shape index (κ1) is 41.6. The van der Waals surface area contributed by atoms with E-state index in [4.69, 9.17) is 14.6 Å². The minimum atomic E-state index is -4.86. The number of methoxy groups -OCH3 is 1. The zero-order chi connectivity index (χ0) is 43.6. The van der Waals surface area contributed by atoms with Crippen molar-refractivity contribution in [3.05, 3.63) is 190 Å². The van der Waals surface area contributed by atoms with Crippen LogP contribution in [-0.2, 0) is 36.7 Å². The number of amides is 1. The molecule has 2 heterocycles. The molecular weight excluding hydrogens is 821 g/mol. The van der Waals surface area contributed by atoms with E-state index in [-0.39, 0.29) is 46.1 Å². The number of anilines is 1. The number of aryl methyl sites for hydroxylation is 1. The van der Waals surface area contributed by atoms with Gasteiger partial charge < -0.3 is 14.8 Å². The van der Waals surface area contributed by atoms with E-state index in [1.807, 2.05) is 97.3 Å². The van der Waals surface area contributed by atoms with Gasteiger partial charge in [-0.15, -0.1) is 11.8 Å². The first-order valence-corrected chi connectivity index (χ1v) is 20.5. The second kappa shape index (κ2) is 17.1. The van der Waals surface area contributed by atoms with Crippen LogP contribution < -0.4 is 20.5 Å².